The van der Waals surface area contributed by atoms with Crippen LogP contribution in [0.2, 0.25) is 0 Å². The van der Waals surface area contributed by atoms with E-state index in [2.05, 4.69) is 5.32 Å². The van der Waals surface area contributed by atoms with Crippen LogP contribution >= 0.6 is 0 Å². The molecule has 1 atom stereocenters. The first-order valence-electron chi connectivity index (χ1n) is 8.66. The Hall–Kier alpha value is -3.34. The van der Waals surface area contributed by atoms with E-state index in [-0.39, 0.29) is 5.91 Å². The number of ether oxygens (including phenoxy) is 2. The smallest absolute Gasteiger partial charge is 0.261 e. The Balaban J connectivity index is 1.67. The van der Waals surface area contributed by atoms with Crippen molar-refractivity contribution in [1.82, 2.24) is 5.32 Å². The highest BCUT2D eigenvalue weighted by Gasteiger charge is 2.17. The number of aldehydes is 1. The highest BCUT2D eigenvalue weighted by atomic mass is 16.5. The summed E-state index contributed by atoms with van der Waals surface area (Å²) in [5.74, 6) is 0.908. The van der Waals surface area contributed by atoms with Crippen LogP contribution in [0.25, 0.3) is 10.8 Å². The zero-order valence-corrected chi connectivity index (χ0v) is 15.3. The van der Waals surface area contributed by atoms with E-state index >= 15 is 0 Å². The van der Waals surface area contributed by atoms with Crippen molar-refractivity contribution in [2.45, 2.75) is 19.6 Å². The summed E-state index contributed by atoms with van der Waals surface area (Å²) in [4.78, 5) is 23.9. The van der Waals surface area contributed by atoms with Crippen molar-refractivity contribution in [3.05, 3.63) is 71.8 Å². The number of hydrogen-bond acceptors (Lipinski definition) is 4. The first kappa shape index (κ1) is 18.5. The molecule has 0 saturated heterocycles. The summed E-state index contributed by atoms with van der Waals surface area (Å²) in [5.41, 5.74) is 1.40. The molecule has 3 aromatic rings. The number of rotatable bonds is 7. The third-order valence-corrected chi connectivity index (χ3v) is 4.35. The second kappa shape index (κ2) is 8.36. The molecular formula is C22H21NO4. The normalized spacial score (nSPS) is 11.6. The zero-order chi connectivity index (χ0) is 19.2. The molecule has 0 fully saturated rings. The van der Waals surface area contributed by atoms with Crippen molar-refractivity contribution in [2.24, 2.45) is 0 Å². The lowest BCUT2D eigenvalue weighted by atomic mass is 10.0. The molecule has 138 valence electrons. The molecule has 5 nitrogen and oxygen atoms in total. The van der Waals surface area contributed by atoms with Gasteiger partial charge in [0.1, 0.15) is 11.5 Å². The van der Waals surface area contributed by atoms with Crippen LogP contribution in [0.4, 0.5) is 0 Å². The Morgan fingerprint density at radius 3 is 2.52 bits per heavy atom. The maximum absolute atomic E-state index is 12.4. The van der Waals surface area contributed by atoms with E-state index < -0.39 is 6.10 Å². The number of methoxy groups -OCH3 is 1. The van der Waals surface area contributed by atoms with Gasteiger partial charge >= 0.3 is 0 Å². The van der Waals surface area contributed by atoms with Crippen LogP contribution in [0.1, 0.15) is 22.8 Å². The van der Waals surface area contributed by atoms with E-state index in [0.29, 0.717) is 17.9 Å². The lowest BCUT2D eigenvalue weighted by Gasteiger charge is -2.17. The van der Waals surface area contributed by atoms with Crippen LogP contribution in [-0.2, 0) is 11.3 Å². The quantitative estimate of drug-likeness (QED) is 0.650. The predicted molar refractivity (Wildman–Crippen MR) is 104 cm³/mol. The van der Waals surface area contributed by atoms with Crippen LogP contribution < -0.4 is 14.8 Å². The lowest BCUT2D eigenvalue weighted by molar-refractivity contribution is -0.127. The van der Waals surface area contributed by atoms with Gasteiger partial charge in [0.2, 0.25) is 0 Å². The number of nitrogens with one attached hydrogen (secondary N) is 1. The Labute approximate surface area is 157 Å². The van der Waals surface area contributed by atoms with E-state index in [1.807, 2.05) is 54.6 Å². The Morgan fingerprint density at radius 1 is 1.07 bits per heavy atom. The molecular weight excluding hydrogens is 342 g/mol. The molecule has 3 rings (SSSR count). The molecule has 0 aliphatic rings. The molecule has 5 heteroatoms. The maximum atomic E-state index is 12.4. The van der Waals surface area contributed by atoms with E-state index in [1.165, 1.54) is 0 Å². The van der Waals surface area contributed by atoms with E-state index in [4.69, 9.17) is 9.47 Å². The molecule has 0 heterocycles. The van der Waals surface area contributed by atoms with Gasteiger partial charge in [0, 0.05) is 6.54 Å². The average molecular weight is 363 g/mol. The van der Waals surface area contributed by atoms with Gasteiger partial charge in [0.25, 0.3) is 5.91 Å². The van der Waals surface area contributed by atoms with E-state index in [9.17, 15) is 9.59 Å². The van der Waals surface area contributed by atoms with Crippen LogP contribution in [0, 0.1) is 0 Å². The second-order valence-electron chi connectivity index (χ2n) is 6.14. The average Bonchev–Trinajstić information content (AvgIpc) is 2.72. The topological polar surface area (TPSA) is 64.6 Å². The van der Waals surface area contributed by atoms with Gasteiger partial charge in [-0.05, 0) is 41.5 Å². The summed E-state index contributed by atoms with van der Waals surface area (Å²) in [7, 11) is 1.61. The molecule has 0 spiro atoms. The number of benzene rings is 3. The fraction of sp³-hybridized carbons (Fsp3) is 0.182. The van der Waals surface area contributed by atoms with Crippen molar-refractivity contribution >= 4 is 23.0 Å². The monoisotopic (exact) mass is 363 g/mol. The minimum absolute atomic E-state index is 0.254. The first-order valence-corrected chi connectivity index (χ1v) is 8.66. The summed E-state index contributed by atoms with van der Waals surface area (Å²) < 4.78 is 10.9. The number of carbonyl (C=O) groups excluding carboxylic acids is 2. The summed E-state index contributed by atoms with van der Waals surface area (Å²) in [6.07, 6.45) is 0.0303. The molecule has 1 amide bonds. The molecule has 0 aliphatic carbocycles. The van der Waals surface area contributed by atoms with Gasteiger partial charge < -0.3 is 14.8 Å². The third kappa shape index (κ3) is 4.26. The molecule has 1 N–H and O–H groups in total. The number of amides is 1. The fourth-order valence-electron chi connectivity index (χ4n) is 2.82. The number of hydrogen-bond donors (Lipinski definition) is 1. The van der Waals surface area contributed by atoms with Crippen LogP contribution in [-0.4, -0.2) is 25.4 Å². The highest BCUT2D eigenvalue weighted by molar-refractivity contribution is 6.00. The molecule has 0 aliphatic heterocycles. The van der Waals surface area contributed by atoms with Gasteiger partial charge in [-0.25, -0.2) is 0 Å². The van der Waals surface area contributed by atoms with Crippen molar-refractivity contribution in [3.8, 4) is 11.5 Å². The summed E-state index contributed by atoms with van der Waals surface area (Å²) in [5, 5.41) is 4.59. The minimum Gasteiger partial charge on any atom is -0.497 e. The van der Waals surface area contributed by atoms with Gasteiger partial charge in [-0.15, -0.1) is 0 Å². The Morgan fingerprint density at radius 2 is 1.81 bits per heavy atom. The summed E-state index contributed by atoms with van der Waals surface area (Å²) >= 11 is 0. The third-order valence-electron chi connectivity index (χ3n) is 4.35. The molecule has 0 unspecified atom stereocenters. The Kier molecular flexibility index (Phi) is 5.71. The maximum Gasteiger partial charge on any atom is 0.261 e. The van der Waals surface area contributed by atoms with Gasteiger partial charge in [-0.1, -0.05) is 42.5 Å². The number of carbonyl (C=O) groups is 2. The van der Waals surface area contributed by atoms with Gasteiger partial charge in [0.05, 0.1) is 12.7 Å². The molecule has 27 heavy (non-hydrogen) atoms. The molecule has 0 saturated carbocycles. The van der Waals surface area contributed by atoms with E-state index in [0.717, 1.165) is 28.4 Å². The van der Waals surface area contributed by atoms with Gasteiger partial charge in [-0.3, -0.25) is 9.59 Å². The van der Waals surface area contributed by atoms with Crippen molar-refractivity contribution in [3.63, 3.8) is 0 Å². The first-order chi connectivity index (χ1) is 13.1. The molecule has 3 aromatic carbocycles. The standard InChI is InChI=1S/C22H21NO4/c1-15(22(25)23-13-16-7-10-18(26-2)11-8-16)27-21-12-9-17-5-3-4-6-19(17)20(21)14-24/h3-12,14-15H,13H2,1-2H3,(H,23,25)/t15-/m1/s1. The lowest BCUT2D eigenvalue weighted by Crippen LogP contribution is -2.36. The van der Waals surface area contributed by atoms with Crippen molar-refractivity contribution < 1.29 is 19.1 Å². The predicted octanol–water partition coefficient (Wildman–Crippen LogP) is 3.74. The van der Waals surface area contributed by atoms with Gasteiger partial charge in [0.15, 0.2) is 12.4 Å². The second-order valence-corrected chi connectivity index (χ2v) is 6.14. The van der Waals surface area contributed by atoms with Crippen molar-refractivity contribution in [2.75, 3.05) is 7.11 Å². The fourth-order valence-corrected chi connectivity index (χ4v) is 2.82. The highest BCUT2D eigenvalue weighted by Crippen LogP contribution is 2.27. The van der Waals surface area contributed by atoms with Gasteiger partial charge in [-0.2, -0.15) is 0 Å². The van der Waals surface area contributed by atoms with Crippen LogP contribution in [0.3, 0.4) is 0 Å². The molecule has 0 bridgehead atoms. The summed E-state index contributed by atoms with van der Waals surface area (Å²) in [6, 6.07) is 18.6. The zero-order valence-electron chi connectivity index (χ0n) is 15.3. The summed E-state index contributed by atoms with van der Waals surface area (Å²) in [6.45, 7) is 2.04. The SMILES string of the molecule is COc1ccc(CNC(=O)[C@@H](C)Oc2ccc3ccccc3c2C=O)cc1. The van der Waals surface area contributed by atoms with Crippen LogP contribution in [0.5, 0.6) is 11.5 Å². The van der Waals surface area contributed by atoms with Crippen molar-refractivity contribution in [1.29, 1.82) is 0 Å². The molecule has 0 aromatic heterocycles. The van der Waals surface area contributed by atoms with E-state index in [1.54, 1.807) is 20.1 Å². The molecule has 0 radical (unpaired) electrons. The van der Waals surface area contributed by atoms with Crippen LogP contribution in [0.15, 0.2) is 60.7 Å². The Bertz CT molecular complexity index is 950. The largest absolute Gasteiger partial charge is 0.497 e. The number of fused-ring (bicyclic) bond motifs is 1. The minimum atomic E-state index is -0.733.